The molecule has 8 heteroatoms. The van der Waals surface area contributed by atoms with E-state index >= 15 is 0 Å². The van der Waals surface area contributed by atoms with E-state index in [9.17, 15) is 4.39 Å². The Hall–Kier alpha value is -2.54. The first-order valence-corrected chi connectivity index (χ1v) is 6.44. The van der Waals surface area contributed by atoms with Gasteiger partial charge in [-0.05, 0) is 24.3 Å². The number of pyridine rings is 1. The Morgan fingerprint density at radius 2 is 2.10 bits per heavy atom. The summed E-state index contributed by atoms with van der Waals surface area (Å²) in [5.41, 5.74) is 6.65. The van der Waals surface area contributed by atoms with Crippen LogP contribution in [0.3, 0.4) is 0 Å². The number of halogens is 2. The molecule has 3 rings (SSSR count). The van der Waals surface area contributed by atoms with Crippen molar-refractivity contribution in [3.63, 3.8) is 0 Å². The molecule has 0 atom stereocenters. The van der Waals surface area contributed by atoms with Crippen molar-refractivity contribution in [1.29, 1.82) is 0 Å². The molecule has 106 valence electrons. The molecule has 0 fully saturated rings. The number of nitrogens with two attached hydrogens (primary N) is 1. The highest BCUT2D eigenvalue weighted by Crippen LogP contribution is 2.22. The maximum atomic E-state index is 14.3. The van der Waals surface area contributed by atoms with E-state index in [4.69, 9.17) is 17.3 Å². The predicted molar refractivity (Wildman–Crippen MR) is 75.1 cm³/mol. The van der Waals surface area contributed by atoms with Crippen LogP contribution < -0.4 is 10.4 Å². The highest BCUT2D eigenvalue weighted by Gasteiger charge is 2.26. The molecule has 21 heavy (non-hydrogen) atoms. The molecular weight excluding hydrogens is 295 g/mol. The summed E-state index contributed by atoms with van der Waals surface area (Å²) >= 11 is 5.84. The van der Waals surface area contributed by atoms with E-state index in [1.807, 2.05) is 0 Å². The summed E-state index contributed by atoms with van der Waals surface area (Å²) in [5.74, 6) is 0.108. The van der Waals surface area contributed by atoms with Crippen molar-refractivity contribution in [1.82, 2.24) is 20.1 Å². The van der Waals surface area contributed by atoms with Crippen molar-refractivity contribution in [2.45, 2.75) is 0 Å². The van der Waals surface area contributed by atoms with Gasteiger partial charge in [0.1, 0.15) is 10.9 Å². The Morgan fingerprint density at radius 3 is 2.86 bits per heavy atom. The van der Waals surface area contributed by atoms with Crippen LogP contribution >= 0.6 is 11.6 Å². The van der Waals surface area contributed by atoms with Crippen LogP contribution in [-0.4, -0.2) is 20.1 Å². The highest BCUT2D eigenvalue weighted by molar-refractivity contribution is 6.30. The van der Waals surface area contributed by atoms with Crippen LogP contribution in [0.2, 0.25) is 5.02 Å². The van der Waals surface area contributed by atoms with Gasteiger partial charge in [-0.15, -0.1) is 4.68 Å². The minimum Gasteiger partial charge on any atom is -0.383 e. The van der Waals surface area contributed by atoms with Crippen LogP contribution in [0.4, 0.5) is 10.2 Å². The molecule has 0 amide bonds. The summed E-state index contributed by atoms with van der Waals surface area (Å²) in [6.07, 6.45) is 1.57. The molecule has 0 radical (unpaired) electrons. The third-order valence-corrected chi connectivity index (χ3v) is 3.29. The molecule has 1 aromatic carbocycles. The molecule has 0 saturated carbocycles. The van der Waals surface area contributed by atoms with Gasteiger partial charge in [0.05, 0.1) is 17.6 Å². The van der Waals surface area contributed by atoms with Gasteiger partial charge >= 0.3 is 5.82 Å². The van der Waals surface area contributed by atoms with Crippen molar-refractivity contribution in [3.05, 3.63) is 47.4 Å². The number of nitrogen functional groups attached to an aromatic ring is 1. The molecule has 3 aromatic rings. The van der Waals surface area contributed by atoms with Crippen molar-refractivity contribution in [3.8, 4) is 17.1 Å². The maximum Gasteiger partial charge on any atom is 0.341 e. The van der Waals surface area contributed by atoms with E-state index in [1.54, 1.807) is 37.5 Å². The molecular formula is C13H11ClFN6+. The van der Waals surface area contributed by atoms with Crippen molar-refractivity contribution in [2.75, 3.05) is 5.73 Å². The largest absolute Gasteiger partial charge is 0.383 e. The number of aromatic nitrogens is 5. The SMILES string of the molecule is Cn1nnc(-c2cccnc2N)[n+]1-c1cccc(Cl)c1F. The lowest BCUT2D eigenvalue weighted by Crippen LogP contribution is -2.42. The minimum absolute atomic E-state index is 0.0197. The second kappa shape index (κ2) is 5.10. The van der Waals surface area contributed by atoms with E-state index in [0.29, 0.717) is 11.4 Å². The van der Waals surface area contributed by atoms with Gasteiger partial charge in [0.15, 0.2) is 16.7 Å². The lowest BCUT2D eigenvalue weighted by Gasteiger charge is -2.05. The first kappa shape index (κ1) is 13.4. The summed E-state index contributed by atoms with van der Waals surface area (Å²) in [7, 11) is 1.64. The van der Waals surface area contributed by atoms with Gasteiger partial charge in [0.2, 0.25) is 0 Å². The molecule has 0 aliphatic carbocycles. The Kier molecular flexibility index (Phi) is 3.26. The third-order valence-electron chi connectivity index (χ3n) is 3.00. The number of hydrogen-bond donors (Lipinski definition) is 1. The van der Waals surface area contributed by atoms with Crippen LogP contribution in [-0.2, 0) is 7.05 Å². The summed E-state index contributed by atoms with van der Waals surface area (Å²) in [6, 6.07) is 8.17. The fourth-order valence-corrected chi connectivity index (χ4v) is 2.20. The number of tetrazole rings is 1. The first-order valence-electron chi connectivity index (χ1n) is 6.07. The lowest BCUT2D eigenvalue weighted by atomic mass is 10.2. The Balaban J connectivity index is 2.28. The van der Waals surface area contributed by atoms with Crippen LogP contribution in [0, 0.1) is 5.82 Å². The molecule has 0 aliphatic heterocycles. The van der Waals surface area contributed by atoms with Crippen LogP contribution in [0.15, 0.2) is 36.5 Å². The summed E-state index contributed by atoms with van der Waals surface area (Å²) < 4.78 is 15.8. The number of rotatable bonds is 2. The number of nitrogens with zero attached hydrogens (tertiary/aromatic N) is 5. The topological polar surface area (TPSA) is 73.5 Å². The van der Waals surface area contributed by atoms with Crippen molar-refractivity contribution in [2.24, 2.45) is 7.05 Å². The second-order valence-corrected chi connectivity index (χ2v) is 4.73. The summed E-state index contributed by atoms with van der Waals surface area (Å²) in [5, 5.41) is 7.98. The van der Waals surface area contributed by atoms with Gasteiger partial charge in [-0.2, -0.15) is 0 Å². The Labute approximate surface area is 124 Å². The van der Waals surface area contributed by atoms with E-state index in [1.165, 1.54) is 15.5 Å². The van der Waals surface area contributed by atoms with Gasteiger partial charge in [-0.1, -0.05) is 22.5 Å². The summed E-state index contributed by atoms with van der Waals surface area (Å²) in [4.78, 5) is 5.41. The standard InChI is InChI=1S/C13H10ClFN6/c1-20-19-18-13(8-4-3-7-17-12(8)16)21(20)10-6-2-5-9(14)11(10)15/h2-7,16H,1H3/p+1. The number of aryl methyl sites for hydroxylation is 1. The van der Waals surface area contributed by atoms with Gasteiger partial charge in [-0.3, -0.25) is 0 Å². The predicted octanol–water partition coefficient (Wildman–Crippen LogP) is 1.53. The number of hydrogen-bond acceptors (Lipinski definition) is 4. The fourth-order valence-electron chi connectivity index (χ4n) is 2.03. The van der Waals surface area contributed by atoms with Gasteiger partial charge in [-0.25, -0.2) is 9.37 Å². The number of anilines is 1. The highest BCUT2D eigenvalue weighted by atomic mass is 35.5. The Morgan fingerprint density at radius 1 is 1.29 bits per heavy atom. The number of benzene rings is 1. The van der Waals surface area contributed by atoms with E-state index in [0.717, 1.165) is 0 Å². The van der Waals surface area contributed by atoms with Crippen molar-refractivity contribution >= 4 is 17.4 Å². The molecule has 0 saturated heterocycles. The van der Waals surface area contributed by atoms with Gasteiger partial charge in [0.25, 0.3) is 0 Å². The van der Waals surface area contributed by atoms with Crippen LogP contribution in [0.25, 0.3) is 17.1 Å². The zero-order valence-electron chi connectivity index (χ0n) is 11.0. The Bertz CT molecular complexity index is 816. The quantitative estimate of drug-likeness (QED) is 0.729. The molecule has 0 unspecified atom stereocenters. The minimum atomic E-state index is -0.557. The molecule has 2 heterocycles. The zero-order valence-corrected chi connectivity index (χ0v) is 11.8. The molecule has 2 aromatic heterocycles. The molecule has 0 spiro atoms. The van der Waals surface area contributed by atoms with Gasteiger partial charge < -0.3 is 5.73 Å². The van der Waals surface area contributed by atoms with Crippen LogP contribution in [0.1, 0.15) is 0 Å². The third kappa shape index (κ3) is 2.21. The maximum absolute atomic E-state index is 14.3. The van der Waals surface area contributed by atoms with E-state index in [-0.39, 0.29) is 16.5 Å². The average molecular weight is 306 g/mol. The average Bonchev–Trinajstić information content (AvgIpc) is 2.84. The van der Waals surface area contributed by atoms with Crippen molar-refractivity contribution < 1.29 is 9.07 Å². The molecule has 2 N–H and O–H groups in total. The molecule has 0 bridgehead atoms. The monoisotopic (exact) mass is 305 g/mol. The molecule has 6 nitrogen and oxygen atoms in total. The molecule has 0 aliphatic rings. The zero-order chi connectivity index (χ0) is 15.0. The van der Waals surface area contributed by atoms with E-state index < -0.39 is 5.82 Å². The smallest absolute Gasteiger partial charge is 0.341 e. The van der Waals surface area contributed by atoms with Crippen LogP contribution in [0.5, 0.6) is 0 Å². The fraction of sp³-hybridized carbons (Fsp3) is 0.0769. The lowest BCUT2D eigenvalue weighted by molar-refractivity contribution is -0.679. The summed E-state index contributed by atoms with van der Waals surface area (Å²) in [6.45, 7) is 0. The second-order valence-electron chi connectivity index (χ2n) is 4.32. The first-order chi connectivity index (χ1) is 10.1. The van der Waals surface area contributed by atoms with Gasteiger partial charge in [0, 0.05) is 6.20 Å². The normalized spacial score (nSPS) is 10.8. The van der Waals surface area contributed by atoms with E-state index in [2.05, 4.69) is 15.3 Å².